The number of aliphatic hydroxyl groups is 1. The van der Waals surface area contributed by atoms with Gasteiger partial charge in [-0.3, -0.25) is 0 Å². The van der Waals surface area contributed by atoms with Crippen LogP contribution in [0.4, 0.5) is 5.69 Å². The van der Waals surface area contributed by atoms with Gasteiger partial charge in [0.05, 0.1) is 0 Å². The number of anilines is 1. The van der Waals surface area contributed by atoms with Gasteiger partial charge in [-0.25, -0.2) is 0 Å². The quantitative estimate of drug-likeness (QED) is 0.804. The van der Waals surface area contributed by atoms with E-state index in [1.165, 1.54) is 37.2 Å². The van der Waals surface area contributed by atoms with Gasteiger partial charge in [0, 0.05) is 37.5 Å². The molecule has 0 bridgehead atoms. The summed E-state index contributed by atoms with van der Waals surface area (Å²) in [5.41, 5.74) is 2.76. The largest absolute Gasteiger partial charge is 0.396 e. The number of hydrogen-bond acceptors (Lipinski definition) is 3. The number of nitrogens with one attached hydrogen (secondary N) is 1. The Morgan fingerprint density at radius 2 is 1.95 bits per heavy atom. The number of nitrogens with zero attached hydrogens (tertiary/aromatic N) is 1. The minimum Gasteiger partial charge on any atom is -0.396 e. The fourth-order valence-corrected chi connectivity index (χ4v) is 2.87. The van der Waals surface area contributed by atoms with E-state index in [0.29, 0.717) is 0 Å². The first-order chi connectivity index (χ1) is 9.68. The summed E-state index contributed by atoms with van der Waals surface area (Å²) < 4.78 is 0. The van der Waals surface area contributed by atoms with Crippen LogP contribution in [0, 0.1) is 0 Å². The second-order valence-electron chi connectivity index (χ2n) is 6.06. The van der Waals surface area contributed by atoms with Gasteiger partial charge in [-0.2, -0.15) is 0 Å². The van der Waals surface area contributed by atoms with Crippen molar-refractivity contribution in [1.29, 1.82) is 0 Å². The molecule has 0 aromatic heterocycles. The summed E-state index contributed by atoms with van der Waals surface area (Å²) in [4.78, 5) is 2.49. The Kier molecular flexibility index (Phi) is 5.44. The van der Waals surface area contributed by atoms with Crippen LogP contribution in [0.3, 0.4) is 0 Å². The van der Waals surface area contributed by atoms with Gasteiger partial charge in [-0.15, -0.1) is 0 Å². The van der Waals surface area contributed by atoms with Crippen LogP contribution >= 0.6 is 0 Å². The fraction of sp³-hybridized carbons (Fsp3) is 0.647. The van der Waals surface area contributed by atoms with Crippen LogP contribution in [0.2, 0.25) is 0 Å². The molecule has 0 saturated carbocycles. The maximum absolute atomic E-state index is 9.21. The van der Waals surface area contributed by atoms with Crippen LogP contribution in [0.15, 0.2) is 24.3 Å². The molecule has 3 nitrogen and oxygen atoms in total. The smallest absolute Gasteiger partial charge is 0.0448 e. The predicted octanol–water partition coefficient (Wildman–Crippen LogP) is 2.93. The van der Waals surface area contributed by atoms with Crippen molar-refractivity contribution in [3.8, 4) is 0 Å². The van der Waals surface area contributed by atoms with E-state index in [1.54, 1.807) is 0 Å². The Bertz CT molecular complexity index is 415. The monoisotopic (exact) mass is 276 g/mol. The zero-order chi connectivity index (χ0) is 14.4. The molecule has 2 N–H and O–H groups in total. The van der Waals surface area contributed by atoms with E-state index >= 15 is 0 Å². The lowest BCUT2D eigenvalue weighted by atomic mass is 9.94. The number of rotatable bonds is 7. The maximum Gasteiger partial charge on any atom is 0.0448 e. The second-order valence-corrected chi connectivity index (χ2v) is 6.06. The normalized spacial score (nSPS) is 18.2. The van der Waals surface area contributed by atoms with Crippen LogP contribution in [0.1, 0.15) is 45.1 Å². The fourth-order valence-electron chi connectivity index (χ4n) is 2.87. The van der Waals surface area contributed by atoms with E-state index in [0.717, 1.165) is 19.4 Å². The van der Waals surface area contributed by atoms with Crippen molar-refractivity contribution < 1.29 is 5.11 Å². The molecular weight excluding hydrogens is 248 g/mol. The summed E-state index contributed by atoms with van der Waals surface area (Å²) in [7, 11) is 0. The van der Waals surface area contributed by atoms with Crippen LogP contribution in [0.25, 0.3) is 0 Å². The van der Waals surface area contributed by atoms with Crippen molar-refractivity contribution in [2.75, 3.05) is 24.6 Å². The van der Waals surface area contributed by atoms with Gasteiger partial charge in [-0.1, -0.05) is 25.1 Å². The summed E-state index contributed by atoms with van der Waals surface area (Å²) in [5.74, 6) is 0. The van der Waals surface area contributed by atoms with Gasteiger partial charge in [0.2, 0.25) is 0 Å². The predicted molar refractivity (Wildman–Crippen MR) is 85.1 cm³/mol. The minimum absolute atomic E-state index is 0.0207. The van der Waals surface area contributed by atoms with Gasteiger partial charge < -0.3 is 15.3 Å². The molecule has 0 radical (unpaired) electrons. The zero-order valence-electron chi connectivity index (χ0n) is 12.9. The molecule has 1 saturated heterocycles. The molecule has 1 unspecified atom stereocenters. The Morgan fingerprint density at radius 3 is 2.60 bits per heavy atom. The number of aliphatic hydroxyl groups excluding tert-OH is 1. The molecule has 1 aromatic carbocycles. The van der Waals surface area contributed by atoms with Crippen molar-refractivity contribution in [3.63, 3.8) is 0 Å². The third kappa shape index (κ3) is 3.74. The summed E-state index contributed by atoms with van der Waals surface area (Å²) in [6.45, 7) is 7.84. The zero-order valence-corrected chi connectivity index (χ0v) is 12.9. The highest BCUT2D eigenvalue weighted by Crippen LogP contribution is 2.25. The van der Waals surface area contributed by atoms with Crippen molar-refractivity contribution >= 4 is 5.69 Å². The molecule has 0 amide bonds. The highest BCUT2D eigenvalue weighted by atomic mass is 16.3. The van der Waals surface area contributed by atoms with E-state index in [2.05, 4.69) is 48.3 Å². The molecule has 1 aliphatic rings. The summed E-state index contributed by atoms with van der Waals surface area (Å²) in [5, 5.41) is 12.8. The van der Waals surface area contributed by atoms with E-state index in [1.807, 2.05) is 0 Å². The van der Waals surface area contributed by atoms with Gasteiger partial charge in [0.15, 0.2) is 0 Å². The van der Waals surface area contributed by atoms with Crippen LogP contribution in [-0.2, 0) is 6.54 Å². The Balaban J connectivity index is 2.05. The number of benzene rings is 1. The van der Waals surface area contributed by atoms with Crippen LogP contribution < -0.4 is 10.2 Å². The average Bonchev–Trinajstić information content (AvgIpc) is 3.00. The van der Waals surface area contributed by atoms with Crippen molar-refractivity contribution in [1.82, 2.24) is 5.32 Å². The van der Waals surface area contributed by atoms with E-state index < -0.39 is 0 Å². The molecule has 1 atom stereocenters. The number of para-hydroxylation sites is 1. The van der Waals surface area contributed by atoms with Gasteiger partial charge in [0.25, 0.3) is 0 Å². The van der Waals surface area contributed by atoms with Crippen molar-refractivity contribution in [3.05, 3.63) is 29.8 Å². The van der Waals surface area contributed by atoms with Crippen LogP contribution in [0.5, 0.6) is 0 Å². The Morgan fingerprint density at radius 1 is 1.25 bits per heavy atom. The molecule has 1 heterocycles. The molecule has 2 rings (SSSR count). The first-order valence-electron chi connectivity index (χ1n) is 7.87. The van der Waals surface area contributed by atoms with Gasteiger partial charge in [-0.05, 0) is 44.2 Å². The van der Waals surface area contributed by atoms with Crippen molar-refractivity contribution in [2.24, 2.45) is 0 Å². The SMILES string of the molecule is CCC(C)(CCO)NCc1ccccc1N1CCCC1. The summed E-state index contributed by atoms with van der Waals surface area (Å²) in [6.07, 6.45) is 4.44. The molecule has 3 heteroatoms. The number of hydrogen-bond donors (Lipinski definition) is 2. The average molecular weight is 276 g/mol. The first kappa shape index (κ1) is 15.3. The molecule has 20 heavy (non-hydrogen) atoms. The molecule has 0 aliphatic carbocycles. The Hall–Kier alpha value is -1.06. The third-order valence-electron chi connectivity index (χ3n) is 4.59. The minimum atomic E-state index is 0.0207. The van der Waals surface area contributed by atoms with E-state index in [9.17, 15) is 5.11 Å². The highest BCUT2D eigenvalue weighted by molar-refractivity contribution is 5.54. The molecule has 1 fully saturated rings. The van der Waals surface area contributed by atoms with Gasteiger partial charge >= 0.3 is 0 Å². The topological polar surface area (TPSA) is 35.5 Å². The molecular formula is C17H28N2O. The van der Waals surface area contributed by atoms with E-state index in [4.69, 9.17) is 0 Å². The third-order valence-corrected chi connectivity index (χ3v) is 4.59. The molecule has 0 spiro atoms. The second kappa shape index (κ2) is 7.09. The lowest BCUT2D eigenvalue weighted by Gasteiger charge is -2.30. The van der Waals surface area contributed by atoms with Crippen molar-refractivity contribution in [2.45, 2.75) is 51.6 Å². The van der Waals surface area contributed by atoms with E-state index in [-0.39, 0.29) is 12.1 Å². The Labute approximate surface area is 123 Å². The standard InChI is InChI=1S/C17H28N2O/c1-3-17(2,10-13-20)18-14-15-8-4-5-9-16(15)19-11-6-7-12-19/h4-5,8-9,18,20H,3,6-7,10-14H2,1-2H3. The lowest BCUT2D eigenvalue weighted by molar-refractivity contribution is 0.214. The highest BCUT2D eigenvalue weighted by Gasteiger charge is 2.21. The summed E-state index contributed by atoms with van der Waals surface area (Å²) in [6, 6.07) is 8.70. The molecule has 112 valence electrons. The summed E-state index contributed by atoms with van der Waals surface area (Å²) >= 11 is 0. The maximum atomic E-state index is 9.21. The molecule has 1 aliphatic heterocycles. The lowest BCUT2D eigenvalue weighted by Crippen LogP contribution is -2.42. The first-order valence-corrected chi connectivity index (χ1v) is 7.87. The van der Waals surface area contributed by atoms with Crippen LogP contribution in [-0.4, -0.2) is 30.3 Å². The molecule has 1 aromatic rings. The van der Waals surface area contributed by atoms with Gasteiger partial charge in [0.1, 0.15) is 0 Å².